The van der Waals surface area contributed by atoms with E-state index < -0.39 is 8.03 Å². The van der Waals surface area contributed by atoms with E-state index in [4.69, 9.17) is 12.1 Å². The van der Waals surface area contributed by atoms with Gasteiger partial charge in [-0.1, -0.05) is 19.1 Å². The van der Waals surface area contributed by atoms with Crippen molar-refractivity contribution in [2.75, 3.05) is 6.66 Å². The van der Waals surface area contributed by atoms with Gasteiger partial charge in [-0.3, -0.25) is 4.79 Å². The molecule has 1 saturated carbocycles. The van der Waals surface area contributed by atoms with E-state index in [2.05, 4.69) is 19.1 Å². The third-order valence-electron chi connectivity index (χ3n) is 3.36. The van der Waals surface area contributed by atoms with Crippen LogP contribution in [0.25, 0.3) is 0 Å². The summed E-state index contributed by atoms with van der Waals surface area (Å²) in [7, 11) is 4.45. The van der Waals surface area contributed by atoms with Crippen molar-refractivity contribution in [1.29, 1.82) is 0 Å². The zero-order valence-electron chi connectivity index (χ0n) is 8.51. The molecule has 14 heavy (non-hydrogen) atoms. The van der Waals surface area contributed by atoms with E-state index in [1.807, 2.05) is 0 Å². The molecule has 4 heteroatoms. The fraction of sp³-hybridized carbons (Fsp3) is 0.700. The molecule has 1 fully saturated rings. The number of hydrogen-bond donors (Lipinski definition) is 0. The summed E-state index contributed by atoms with van der Waals surface area (Å²) >= 11 is 0. The molecular formula is C10H14BO2P. The minimum Gasteiger partial charge on any atom is -0.457 e. The van der Waals surface area contributed by atoms with E-state index >= 15 is 0 Å². The van der Waals surface area contributed by atoms with E-state index in [0.717, 1.165) is 6.42 Å². The topological polar surface area (TPSA) is 26.3 Å². The third kappa shape index (κ3) is 1.63. The molecule has 0 amide bonds. The van der Waals surface area contributed by atoms with Crippen LogP contribution in [0.5, 0.6) is 0 Å². The lowest BCUT2D eigenvalue weighted by Gasteiger charge is -2.23. The first-order chi connectivity index (χ1) is 6.59. The van der Waals surface area contributed by atoms with Crippen LogP contribution in [-0.2, 0) is 9.32 Å². The minimum atomic E-state index is -1.06. The summed E-state index contributed by atoms with van der Waals surface area (Å²) in [6, 6.07) is 0. The maximum atomic E-state index is 11.7. The molecule has 2 bridgehead atoms. The van der Waals surface area contributed by atoms with Gasteiger partial charge in [0.25, 0.3) is 0 Å². The lowest BCUT2D eigenvalue weighted by Crippen LogP contribution is -2.26. The first kappa shape index (κ1) is 10.2. The van der Waals surface area contributed by atoms with Gasteiger partial charge in [-0.05, 0) is 30.8 Å². The molecule has 0 saturated heterocycles. The second-order valence-corrected chi connectivity index (χ2v) is 5.56. The fourth-order valence-electron chi connectivity index (χ4n) is 2.66. The first-order valence-corrected chi connectivity index (χ1v) is 6.75. The molecular weight excluding hydrogens is 194 g/mol. The van der Waals surface area contributed by atoms with Crippen molar-refractivity contribution in [1.82, 2.24) is 0 Å². The van der Waals surface area contributed by atoms with E-state index in [1.165, 1.54) is 0 Å². The van der Waals surface area contributed by atoms with Gasteiger partial charge in [-0.15, -0.1) is 0 Å². The van der Waals surface area contributed by atoms with Crippen LogP contribution < -0.4 is 0 Å². The predicted octanol–water partition coefficient (Wildman–Crippen LogP) is 2.10. The summed E-state index contributed by atoms with van der Waals surface area (Å²) in [5.41, 5.74) is 0. The summed E-state index contributed by atoms with van der Waals surface area (Å²) in [6.45, 7) is 3.88. The van der Waals surface area contributed by atoms with Gasteiger partial charge in [0, 0.05) is 8.03 Å². The second kappa shape index (κ2) is 3.69. The van der Waals surface area contributed by atoms with Crippen molar-refractivity contribution in [3.63, 3.8) is 0 Å². The van der Waals surface area contributed by atoms with Crippen molar-refractivity contribution in [2.24, 2.45) is 23.7 Å². The number of fused-ring (bicyclic) bond motifs is 2. The Balaban J connectivity index is 2.05. The average Bonchev–Trinajstić information content (AvgIpc) is 2.61. The number of rotatable bonds is 2. The lowest BCUT2D eigenvalue weighted by molar-refractivity contribution is -0.140. The quantitative estimate of drug-likeness (QED) is 0.394. The van der Waals surface area contributed by atoms with Crippen molar-refractivity contribution in [3.8, 4) is 0 Å². The fourth-order valence-corrected chi connectivity index (χ4v) is 3.07. The van der Waals surface area contributed by atoms with Crippen LogP contribution in [0.4, 0.5) is 0 Å². The predicted molar refractivity (Wildman–Crippen MR) is 58.1 cm³/mol. The van der Waals surface area contributed by atoms with E-state index in [-0.39, 0.29) is 11.9 Å². The Kier molecular flexibility index (Phi) is 2.70. The summed E-state index contributed by atoms with van der Waals surface area (Å²) in [5, 5.41) is 0. The van der Waals surface area contributed by atoms with E-state index in [0.29, 0.717) is 17.8 Å². The Bertz CT molecular complexity index is 277. The summed E-state index contributed by atoms with van der Waals surface area (Å²) < 4.78 is 5.13. The summed E-state index contributed by atoms with van der Waals surface area (Å²) in [6.07, 6.45) is 5.51. The highest BCUT2D eigenvalue weighted by molar-refractivity contribution is 7.77. The molecule has 2 nitrogen and oxygen atoms in total. The number of hydrogen-bond acceptors (Lipinski definition) is 2. The van der Waals surface area contributed by atoms with Gasteiger partial charge in [-0.25, -0.2) is 0 Å². The van der Waals surface area contributed by atoms with Gasteiger partial charge in [0.1, 0.15) is 0 Å². The second-order valence-electron chi connectivity index (χ2n) is 4.29. The lowest BCUT2D eigenvalue weighted by atomic mass is 9.85. The SMILES string of the molecule is [B]P(C)OC(=O)[C@H]1C2C=CC(C2)[C@H]1C. The highest BCUT2D eigenvalue weighted by Crippen LogP contribution is 2.49. The molecule has 5 atom stereocenters. The Hall–Kier alpha value is -0.295. The number of carbonyl (C=O) groups excluding carboxylic acids is 1. The molecule has 0 spiro atoms. The van der Waals surface area contributed by atoms with Gasteiger partial charge >= 0.3 is 5.97 Å². The summed E-state index contributed by atoms with van der Waals surface area (Å²) in [4.78, 5) is 11.7. The van der Waals surface area contributed by atoms with E-state index in [1.54, 1.807) is 6.66 Å². The van der Waals surface area contributed by atoms with Gasteiger partial charge in [0.2, 0.25) is 0 Å². The third-order valence-corrected chi connectivity index (χ3v) is 3.83. The average molecular weight is 208 g/mol. The maximum absolute atomic E-state index is 11.7. The zero-order valence-corrected chi connectivity index (χ0v) is 9.41. The maximum Gasteiger partial charge on any atom is 0.311 e. The normalized spacial score (nSPS) is 41.3. The monoisotopic (exact) mass is 208 g/mol. The molecule has 2 aliphatic rings. The molecule has 2 rings (SSSR count). The molecule has 2 radical (unpaired) electrons. The van der Waals surface area contributed by atoms with Crippen molar-refractivity contribution >= 4 is 21.6 Å². The van der Waals surface area contributed by atoms with E-state index in [9.17, 15) is 4.79 Å². The smallest absolute Gasteiger partial charge is 0.311 e. The molecule has 0 N–H and O–H groups in total. The van der Waals surface area contributed by atoms with Crippen LogP contribution in [0.1, 0.15) is 13.3 Å². The zero-order chi connectivity index (χ0) is 10.3. The van der Waals surface area contributed by atoms with Crippen LogP contribution in [0, 0.1) is 23.7 Å². The van der Waals surface area contributed by atoms with Crippen molar-refractivity contribution in [3.05, 3.63) is 12.2 Å². The van der Waals surface area contributed by atoms with Crippen LogP contribution >= 0.6 is 8.03 Å². The van der Waals surface area contributed by atoms with Gasteiger partial charge in [0.05, 0.1) is 5.92 Å². The number of carbonyl (C=O) groups is 1. The molecule has 3 unspecified atom stereocenters. The molecule has 2 aliphatic carbocycles. The molecule has 74 valence electrons. The minimum absolute atomic E-state index is 0.0542. The number of allylic oxidation sites excluding steroid dienone is 2. The molecule has 0 aromatic rings. The van der Waals surface area contributed by atoms with Gasteiger partial charge in [0.15, 0.2) is 7.57 Å². The molecule has 0 aromatic carbocycles. The highest BCUT2D eigenvalue weighted by Gasteiger charge is 2.46. The molecule has 0 heterocycles. The van der Waals surface area contributed by atoms with Crippen molar-refractivity contribution in [2.45, 2.75) is 13.3 Å². The Morgan fingerprint density at radius 1 is 1.50 bits per heavy atom. The van der Waals surface area contributed by atoms with Crippen LogP contribution in [-0.4, -0.2) is 20.2 Å². The Morgan fingerprint density at radius 3 is 2.64 bits per heavy atom. The largest absolute Gasteiger partial charge is 0.457 e. The highest BCUT2D eigenvalue weighted by atomic mass is 31.1. The Morgan fingerprint density at radius 2 is 2.14 bits per heavy atom. The Labute approximate surface area is 87.3 Å². The molecule has 0 aromatic heterocycles. The van der Waals surface area contributed by atoms with Crippen LogP contribution in [0.15, 0.2) is 12.2 Å². The summed E-state index contributed by atoms with van der Waals surface area (Å²) in [5.74, 6) is 1.37. The first-order valence-electron chi connectivity index (χ1n) is 4.98. The standard InChI is InChI=1S/C10H14BO2P/c1-6-7-3-4-8(5-7)9(6)10(12)13-14(2)11/h3-4,6-9H,5H2,1-2H3/t6-,7?,8?,9-,14?/m1/s1. The van der Waals surface area contributed by atoms with Crippen molar-refractivity contribution < 1.29 is 9.32 Å². The van der Waals surface area contributed by atoms with Gasteiger partial charge in [-0.2, -0.15) is 0 Å². The molecule has 0 aliphatic heterocycles. The van der Waals surface area contributed by atoms with Crippen LogP contribution in [0.2, 0.25) is 0 Å². The van der Waals surface area contributed by atoms with Gasteiger partial charge < -0.3 is 4.52 Å². The van der Waals surface area contributed by atoms with Crippen LogP contribution in [0.3, 0.4) is 0 Å².